The highest BCUT2D eigenvalue weighted by Crippen LogP contribution is 2.42. The fraction of sp³-hybridized carbons (Fsp3) is 0.348. The van der Waals surface area contributed by atoms with Crippen molar-refractivity contribution in [3.63, 3.8) is 0 Å². The van der Waals surface area contributed by atoms with Crippen LogP contribution in [-0.2, 0) is 11.2 Å². The average Bonchev–Trinajstić information content (AvgIpc) is 3.33. The van der Waals surface area contributed by atoms with E-state index in [-0.39, 0.29) is 11.3 Å². The van der Waals surface area contributed by atoms with Crippen LogP contribution in [0.5, 0.6) is 0 Å². The lowest BCUT2D eigenvalue weighted by Crippen LogP contribution is -2.35. The number of halogens is 1. The van der Waals surface area contributed by atoms with Gasteiger partial charge in [0.15, 0.2) is 5.65 Å². The second kappa shape index (κ2) is 7.67. The van der Waals surface area contributed by atoms with Crippen LogP contribution in [0.1, 0.15) is 32.0 Å². The number of nitrogens with zero attached hydrogens (tertiary/aromatic N) is 5. The van der Waals surface area contributed by atoms with Crippen LogP contribution in [-0.4, -0.2) is 37.7 Å². The van der Waals surface area contributed by atoms with Crippen LogP contribution in [0.25, 0.3) is 27.6 Å². The van der Waals surface area contributed by atoms with Crippen LogP contribution in [0.15, 0.2) is 47.3 Å². The number of carbonyl (C=O) groups is 1. The maximum absolute atomic E-state index is 12.2. The number of hydrogen-bond acceptors (Lipinski definition) is 5. The number of aromatic nitrogens is 5. The van der Waals surface area contributed by atoms with Crippen molar-refractivity contribution in [2.75, 3.05) is 7.05 Å². The average molecular weight is 479 g/mol. The molecule has 1 amide bonds. The minimum atomic E-state index is -0.298. The van der Waals surface area contributed by atoms with E-state index in [1.165, 1.54) is 0 Å². The fourth-order valence-corrected chi connectivity index (χ4v) is 5.12. The Kier molecular flexibility index (Phi) is 4.97. The summed E-state index contributed by atoms with van der Waals surface area (Å²) in [6.45, 7) is 2.05. The van der Waals surface area contributed by atoms with Crippen molar-refractivity contribution in [3.8, 4) is 5.69 Å². The number of carbonyl (C=O) groups excluding carboxylic acids is 1. The van der Waals surface area contributed by atoms with Crippen LogP contribution in [0.3, 0.4) is 0 Å². The zero-order valence-corrected chi connectivity index (χ0v) is 19.1. The third-order valence-electron chi connectivity index (χ3n) is 6.35. The van der Waals surface area contributed by atoms with E-state index in [0.717, 1.165) is 59.1 Å². The van der Waals surface area contributed by atoms with Gasteiger partial charge in [0.05, 0.1) is 16.6 Å². The van der Waals surface area contributed by atoms with Crippen molar-refractivity contribution in [3.05, 3.63) is 53.2 Å². The van der Waals surface area contributed by atoms with E-state index in [1.807, 2.05) is 35.1 Å². The predicted molar refractivity (Wildman–Crippen MR) is 123 cm³/mol. The van der Waals surface area contributed by atoms with Crippen LogP contribution >= 0.6 is 15.9 Å². The van der Waals surface area contributed by atoms with E-state index in [9.17, 15) is 4.79 Å². The van der Waals surface area contributed by atoms with Gasteiger partial charge in [-0.1, -0.05) is 13.0 Å². The lowest BCUT2D eigenvalue weighted by Gasteiger charge is -2.21. The highest BCUT2D eigenvalue weighted by atomic mass is 79.9. The Bertz CT molecular complexity index is 1300. The Hall–Kier alpha value is -2.87. The number of benzene rings is 1. The van der Waals surface area contributed by atoms with Crippen molar-refractivity contribution in [2.45, 2.75) is 32.6 Å². The molecule has 0 unspecified atom stereocenters. The summed E-state index contributed by atoms with van der Waals surface area (Å²) in [5.74, 6) is 1.31. The second-order valence-corrected chi connectivity index (χ2v) is 9.31. The molecule has 1 aliphatic rings. The molecule has 1 aliphatic carbocycles. The van der Waals surface area contributed by atoms with Gasteiger partial charge < -0.3 is 5.32 Å². The van der Waals surface area contributed by atoms with Crippen molar-refractivity contribution in [2.24, 2.45) is 11.3 Å². The molecule has 3 heterocycles. The quantitative estimate of drug-likeness (QED) is 0.474. The van der Waals surface area contributed by atoms with Crippen molar-refractivity contribution >= 4 is 43.8 Å². The van der Waals surface area contributed by atoms with Crippen molar-refractivity contribution in [1.29, 1.82) is 0 Å². The lowest BCUT2D eigenvalue weighted by atomic mass is 9.86. The fourth-order valence-electron chi connectivity index (χ4n) is 4.68. The summed E-state index contributed by atoms with van der Waals surface area (Å²) >= 11 is 3.55. The van der Waals surface area contributed by atoms with Gasteiger partial charge in [-0.25, -0.2) is 14.6 Å². The molecule has 158 valence electrons. The highest BCUT2D eigenvalue weighted by molar-refractivity contribution is 9.10. The van der Waals surface area contributed by atoms with Gasteiger partial charge in [0.1, 0.15) is 10.4 Å². The molecular weight excluding hydrogens is 456 g/mol. The number of fused-ring (bicyclic) bond motifs is 2. The first-order chi connectivity index (χ1) is 15.0. The smallest absolute Gasteiger partial charge is 0.225 e. The van der Waals surface area contributed by atoms with E-state index in [0.29, 0.717) is 10.5 Å². The van der Waals surface area contributed by atoms with Gasteiger partial charge in [-0.05, 0) is 65.4 Å². The molecular formula is C23H23BrN6O. The molecule has 0 spiro atoms. The molecule has 2 atom stereocenters. The summed E-state index contributed by atoms with van der Waals surface area (Å²) in [6.07, 6.45) is 7.14. The summed E-state index contributed by atoms with van der Waals surface area (Å²) in [5, 5.41) is 9.38. The summed E-state index contributed by atoms with van der Waals surface area (Å²) in [4.78, 5) is 26.1. The minimum absolute atomic E-state index is 0.124. The van der Waals surface area contributed by atoms with Gasteiger partial charge in [-0.2, -0.15) is 5.10 Å². The Morgan fingerprint density at radius 1 is 1.32 bits per heavy atom. The summed E-state index contributed by atoms with van der Waals surface area (Å²) in [6, 6.07) is 10.0. The standard InChI is InChI=1S/C23H23BrN6O/c1-23(22(31)25-2)8-7-14(12-23)10-19-27-13-17-20(24)29-30(21(17)28-19)16-5-6-18-15(11-16)4-3-9-26-18/h3-6,9,11,13-14H,7-8,10,12H2,1-2H3,(H,25,31)/t14-,23+/m0/s1. The Morgan fingerprint density at radius 3 is 3.03 bits per heavy atom. The number of nitrogens with one attached hydrogen (secondary N) is 1. The SMILES string of the molecule is CNC(=O)[C@]1(C)CC[C@@H](Cc2ncc3c(Br)nn(-c4ccc5ncccc5c4)c3n2)C1. The monoisotopic (exact) mass is 478 g/mol. The molecule has 0 bridgehead atoms. The maximum atomic E-state index is 12.2. The van der Waals surface area contributed by atoms with Gasteiger partial charge in [-0.15, -0.1) is 0 Å². The van der Waals surface area contributed by atoms with Crippen LogP contribution in [0, 0.1) is 11.3 Å². The number of hydrogen-bond donors (Lipinski definition) is 1. The molecule has 5 rings (SSSR count). The molecule has 1 aromatic carbocycles. The number of amides is 1. The summed E-state index contributed by atoms with van der Waals surface area (Å²) in [5.41, 5.74) is 2.34. The van der Waals surface area contributed by atoms with Crippen molar-refractivity contribution < 1.29 is 4.79 Å². The van der Waals surface area contributed by atoms with E-state index in [4.69, 9.17) is 4.98 Å². The van der Waals surface area contributed by atoms with Crippen molar-refractivity contribution in [1.82, 2.24) is 30.0 Å². The third-order valence-corrected chi connectivity index (χ3v) is 6.94. The van der Waals surface area contributed by atoms with Gasteiger partial charge in [-0.3, -0.25) is 9.78 Å². The van der Waals surface area contributed by atoms with Gasteiger partial charge in [0.25, 0.3) is 0 Å². The molecule has 1 saturated carbocycles. The molecule has 8 heteroatoms. The molecule has 0 aliphatic heterocycles. The normalized spacial score (nSPS) is 21.1. The van der Waals surface area contributed by atoms with E-state index in [1.54, 1.807) is 13.2 Å². The zero-order valence-electron chi connectivity index (χ0n) is 17.5. The third kappa shape index (κ3) is 3.59. The molecule has 7 nitrogen and oxygen atoms in total. The molecule has 0 radical (unpaired) electrons. The van der Waals surface area contributed by atoms with Gasteiger partial charge in [0.2, 0.25) is 5.91 Å². The molecule has 4 aromatic rings. The van der Waals surface area contributed by atoms with Crippen LogP contribution in [0.4, 0.5) is 0 Å². The molecule has 31 heavy (non-hydrogen) atoms. The first-order valence-electron chi connectivity index (χ1n) is 10.4. The van der Waals surface area contributed by atoms with Gasteiger partial charge >= 0.3 is 0 Å². The zero-order chi connectivity index (χ0) is 21.6. The summed E-state index contributed by atoms with van der Waals surface area (Å²) in [7, 11) is 1.71. The topological polar surface area (TPSA) is 85.6 Å². The second-order valence-electron chi connectivity index (χ2n) is 8.56. The molecule has 1 fully saturated rings. The largest absolute Gasteiger partial charge is 0.359 e. The number of pyridine rings is 1. The number of rotatable bonds is 4. The highest BCUT2D eigenvalue weighted by Gasteiger charge is 2.40. The maximum Gasteiger partial charge on any atom is 0.225 e. The van der Waals surface area contributed by atoms with Crippen LogP contribution in [0.2, 0.25) is 0 Å². The first kappa shape index (κ1) is 20.1. The van der Waals surface area contributed by atoms with E-state index >= 15 is 0 Å². The molecule has 1 N–H and O–H groups in total. The molecule has 3 aromatic heterocycles. The van der Waals surface area contributed by atoms with Crippen LogP contribution < -0.4 is 5.32 Å². The Labute approximate surface area is 188 Å². The van der Waals surface area contributed by atoms with Gasteiger partial charge in [0, 0.05) is 36.7 Å². The first-order valence-corrected chi connectivity index (χ1v) is 11.2. The lowest BCUT2D eigenvalue weighted by molar-refractivity contribution is -0.129. The molecule has 0 saturated heterocycles. The summed E-state index contributed by atoms with van der Waals surface area (Å²) < 4.78 is 2.56. The van der Waals surface area contributed by atoms with E-state index < -0.39 is 0 Å². The minimum Gasteiger partial charge on any atom is -0.359 e. The van der Waals surface area contributed by atoms with E-state index in [2.05, 4.69) is 49.3 Å². The Morgan fingerprint density at radius 2 is 2.19 bits per heavy atom. The predicted octanol–water partition coefficient (Wildman–Crippen LogP) is 4.22. The Balaban J connectivity index is 1.48.